The minimum Gasteiger partial charge on any atom is -0.324 e. The van der Waals surface area contributed by atoms with Gasteiger partial charge in [0, 0.05) is 12.1 Å². The quantitative estimate of drug-likeness (QED) is 0.598. The van der Waals surface area contributed by atoms with Crippen molar-refractivity contribution in [2.24, 2.45) is 11.7 Å². The van der Waals surface area contributed by atoms with E-state index in [2.05, 4.69) is 33.0 Å². The van der Waals surface area contributed by atoms with Crippen molar-refractivity contribution in [1.29, 1.82) is 0 Å². The zero-order chi connectivity index (χ0) is 10.3. The fourth-order valence-corrected chi connectivity index (χ4v) is 1.47. The van der Waals surface area contributed by atoms with Gasteiger partial charge in [0.2, 0.25) is 0 Å². The summed E-state index contributed by atoms with van der Waals surface area (Å²) in [7, 11) is 0. The van der Waals surface area contributed by atoms with Crippen molar-refractivity contribution in [2.45, 2.75) is 52.5 Å². The second kappa shape index (κ2) is 6.39. The van der Waals surface area contributed by atoms with Gasteiger partial charge in [-0.15, -0.1) is 0 Å². The fraction of sp³-hybridized carbons (Fsp3) is 1.00. The van der Waals surface area contributed by atoms with Gasteiger partial charge in [0.25, 0.3) is 0 Å². The van der Waals surface area contributed by atoms with Gasteiger partial charge in [-0.3, -0.25) is 0 Å². The molecule has 0 aromatic carbocycles. The van der Waals surface area contributed by atoms with Crippen LogP contribution in [-0.2, 0) is 0 Å². The Morgan fingerprint density at radius 1 is 1.31 bits per heavy atom. The molecule has 3 N–H and O–H groups in total. The monoisotopic (exact) mass is 186 g/mol. The summed E-state index contributed by atoms with van der Waals surface area (Å²) in [5.74, 6) is 0.599. The molecule has 0 amide bonds. The zero-order valence-corrected chi connectivity index (χ0v) is 9.69. The second-order valence-corrected chi connectivity index (χ2v) is 4.37. The maximum atomic E-state index is 6.22. The van der Waals surface area contributed by atoms with Crippen LogP contribution in [0.4, 0.5) is 0 Å². The first kappa shape index (κ1) is 12.9. The summed E-state index contributed by atoms with van der Waals surface area (Å²) in [6.07, 6.45) is 3.63. The molecular formula is C11H26N2. The molecule has 1 unspecified atom stereocenters. The van der Waals surface area contributed by atoms with Crippen molar-refractivity contribution in [1.82, 2.24) is 5.32 Å². The van der Waals surface area contributed by atoms with E-state index in [9.17, 15) is 0 Å². The molecule has 80 valence electrons. The Bertz CT molecular complexity index is 121. The third kappa shape index (κ3) is 5.27. The molecule has 2 nitrogen and oxygen atoms in total. The van der Waals surface area contributed by atoms with Gasteiger partial charge in [0.1, 0.15) is 0 Å². The number of hydrogen-bond donors (Lipinski definition) is 2. The molecule has 2 heteroatoms. The Kier molecular flexibility index (Phi) is 6.35. The van der Waals surface area contributed by atoms with Crippen molar-refractivity contribution < 1.29 is 0 Å². The predicted molar refractivity (Wildman–Crippen MR) is 59.8 cm³/mol. The SMILES string of the molecule is CCCNCC(C)(N)[C@@H](C)CCC. The van der Waals surface area contributed by atoms with E-state index in [0.717, 1.165) is 13.1 Å². The number of rotatable bonds is 7. The summed E-state index contributed by atoms with van der Waals surface area (Å²) in [4.78, 5) is 0. The van der Waals surface area contributed by atoms with Gasteiger partial charge in [-0.2, -0.15) is 0 Å². The number of hydrogen-bond acceptors (Lipinski definition) is 2. The molecule has 0 aliphatic rings. The topological polar surface area (TPSA) is 38.0 Å². The molecule has 0 bridgehead atoms. The van der Waals surface area contributed by atoms with Crippen LogP contribution in [0.2, 0.25) is 0 Å². The minimum atomic E-state index is -0.0504. The summed E-state index contributed by atoms with van der Waals surface area (Å²) in [6.45, 7) is 10.8. The summed E-state index contributed by atoms with van der Waals surface area (Å²) < 4.78 is 0. The number of nitrogens with two attached hydrogens (primary N) is 1. The lowest BCUT2D eigenvalue weighted by Crippen LogP contribution is -2.51. The van der Waals surface area contributed by atoms with Crippen LogP contribution in [0, 0.1) is 5.92 Å². The van der Waals surface area contributed by atoms with Crippen molar-refractivity contribution >= 4 is 0 Å². The Balaban J connectivity index is 3.76. The Morgan fingerprint density at radius 3 is 2.38 bits per heavy atom. The normalized spacial score (nSPS) is 18.2. The standard InChI is InChI=1S/C11H26N2/c1-5-7-10(3)11(4,12)9-13-8-6-2/h10,13H,5-9,12H2,1-4H3/t10-,11?/m0/s1. The lowest BCUT2D eigenvalue weighted by molar-refractivity contribution is 0.285. The van der Waals surface area contributed by atoms with Crippen LogP contribution < -0.4 is 11.1 Å². The molecule has 0 fully saturated rings. The van der Waals surface area contributed by atoms with Gasteiger partial charge >= 0.3 is 0 Å². The van der Waals surface area contributed by atoms with E-state index < -0.39 is 0 Å². The van der Waals surface area contributed by atoms with Gasteiger partial charge < -0.3 is 11.1 Å². The third-order valence-electron chi connectivity index (χ3n) is 2.78. The summed E-state index contributed by atoms with van der Waals surface area (Å²) in [5.41, 5.74) is 6.17. The average molecular weight is 186 g/mol. The third-order valence-corrected chi connectivity index (χ3v) is 2.78. The molecule has 2 atom stereocenters. The van der Waals surface area contributed by atoms with Crippen molar-refractivity contribution in [3.8, 4) is 0 Å². The van der Waals surface area contributed by atoms with Gasteiger partial charge in [-0.25, -0.2) is 0 Å². The Labute approximate surface area is 83.3 Å². The van der Waals surface area contributed by atoms with Crippen molar-refractivity contribution in [2.75, 3.05) is 13.1 Å². The van der Waals surface area contributed by atoms with Gasteiger partial charge in [0.05, 0.1) is 0 Å². The van der Waals surface area contributed by atoms with Gasteiger partial charge in [-0.05, 0) is 32.2 Å². The smallest absolute Gasteiger partial charge is 0.0278 e. The largest absolute Gasteiger partial charge is 0.324 e. The second-order valence-electron chi connectivity index (χ2n) is 4.37. The highest BCUT2D eigenvalue weighted by Gasteiger charge is 2.24. The van der Waals surface area contributed by atoms with E-state index in [1.165, 1.54) is 19.3 Å². The van der Waals surface area contributed by atoms with Crippen molar-refractivity contribution in [3.63, 3.8) is 0 Å². The summed E-state index contributed by atoms with van der Waals surface area (Å²) in [5, 5.41) is 3.39. The summed E-state index contributed by atoms with van der Waals surface area (Å²) >= 11 is 0. The highest BCUT2D eigenvalue weighted by atomic mass is 14.9. The molecule has 0 aliphatic heterocycles. The Morgan fingerprint density at radius 2 is 1.92 bits per heavy atom. The van der Waals surface area contributed by atoms with Crippen LogP contribution in [0.5, 0.6) is 0 Å². The molecule has 13 heavy (non-hydrogen) atoms. The molecule has 0 radical (unpaired) electrons. The predicted octanol–water partition coefficient (Wildman–Crippen LogP) is 2.14. The minimum absolute atomic E-state index is 0.0504. The first-order chi connectivity index (χ1) is 6.04. The molecule has 0 rings (SSSR count). The molecule has 0 spiro atoms. The maximum absolute atomic E-state index is 6.22. The van der Waals surface area contributed by atoms with Crippen LogP contribution in [0.3, 0.4) is 0 Å². The molecule has 0 heterocycles. The lowest BCUT2D eigenvalue weighted by atomic mass is 9.85. The van der Waals surface area contributed by atoms with Crippen LogP contribution in [0.1, 0.15) is 47.0 Å². The zero-order valence-electron chi connectivity index (χ0n) is 9.69. The van der Waals surface area contributed by atoms with E-state index >= 15 is 0 Å². The molecular weight excluding hydrogens is 160 g/mol. The fourth-order valence-electron chi connectivity index (χ4n) is 1.47. The van der Waals surface area contributed by atoms with Crippen LogP contribution in [-0.4, -0.2) is 18.6 Å². The van der Waals surface area contributed by atoms with Crippen LogP contribution in [0.25, 0.3) is 0 Å². The molecule has 0 aromatic heterocycles. The van der Waals surface area contributed by atoms with E-state index in [1.54, 1.807) is 0 Å². The molecule has 0 aliphatic carbocycles. The van der Waals surface area contributed by atoms with E-state index in [0.29, 0.717) is 5.92 Å². The van der Waals surface area contributed by atoms with Crippen LogP contribution in [0.15, 0.2) is 0 Å². The van der Waals surface area contributed by atoms with Gasteiger partial charge in [-0.1, -0.05) is 27.2 Å². The summed E-state index contributed by atoms with van der Waals surface area (Å²) in [6, 6.07) is 0. The van der Waals surface area contributed by atoms with E-state index in [-0.39, 0.29) is 5.54 Å². The van der Waals surface area contributed by atoms with Gasteiger partial charge in [0.15, 0.2) is 0 Å². The maximum Gasteiger partial charge on any atom is 0.0278 e. The highest BCUT2D eigenvalue weighted by molar-refractivity contribution is 4.86. The molecule has 0 saturated carbocycles. The highest BCUT2D eigenvalue weighted by Crippen LogP contribution is 2.18. The van der Waals surface area contributed by atoms with Crippen LogP contribution >= 0.6 is 0 Å². The lowest BCUT2D eigenvalue weighted by Gasteiger charge is -2.32. The molecule has 0 saturated heterocycles. The first-order valence-corrected chi connectivity index (χ1v) is 5.54. The Hall–Kier alpha value is -0.0800. The van der Waals surface area contributed by atoms with Crippen molar-refractivity contribution in [3.05, 3.63) is 0 Å². The molecule has 0 aromatic rings. The number of nitrogens with one attached hydrogen (secondary N) is 1. The van der Waals surface area contributed by atoms with E-state index in [1.807, 2.05) is 0 Å². The average Bonchev–Trinajstić information content (AvgIpc) is 2.05. The first-order valence-electron chi connectivity index (χ1n) is 5.54. The van der Waals surface area contributed by atoms with E-state index in [4.69, 9.17) is 5.73 Å².